The molecule has 1 fully saturated rings. The van der Waals surface area contributed by atoms with E-state index in [2.05, 4.69) is 61.8 Å². The maximum Gasteiger partial charge on any atom is 0.0795 e. The van der Waals surface area contributed by atoms with Gasteiger partial charge in [0.2, 0.25) is 0 Å². The molecule has 0 radical (unpaired) electrons. The molecule has 1 aliphatic carbocycles. The van der Waals surface area contributed by atoms with Gasteiger partial charge >= 0.3 is 0 Å². The second-order valence-corrected chi connectivity index (χ2v) is 7.31. The highest BCUT2D eigenvalue weighted by atomic mass is 79.9. The fourth-order valence-electron chi connectivity index (χ4n) is 2.32. The molecule has 1 aromatic carbocycles. The van der Waals surface area contributed by atoms with Gasteiger partial charge in [-0.05, 0) is 37.1 Å². The minimum atomic E-state index is 0.757. The van der Waals surface area contributed by atoms with Gasteiger partial charge in [0.25, 0.3) is 0 Å². The Morgan fingerprint density at radius 3 is 2.90 bits per heavy atom. The molecular weight excluding hydrogens is 346 g/mol. The first-order valence-electron chi connectivity index (χ1n) is 7.27. The van der Waals surface area contributed by atoms with Gasteiger partial charge in [-0.1, -0.05) is 28.1 Å². The average molecular weight is 366 g/mol. The Hall–Kier alpha value is -0.750. The summed E-state index contributed by atoms with van der Waals surface area (Å²) in [5.41, 5.74) is 5.70. The lowest BCUT2D eigenvalue weighted by molar-refractivity contribution is 0.315. The van der Waals surface area contributed by atoms with Crippen LogP contribution in [0.25, 0.3) is 0 Å². The SMILES string of the molecule is CN(Cc1cscn1)Cc1ccc(CNC2CC2)cc1Br. The van der Waals surface area contributed by atoms with Crippen molar-refractivity contribution in [3.8, 4) is 0 Å². The van der Waals surface area contributed by atoms with Crippen LogP contribution < -0.4 is 5.32 Å². The number of halogens is 1. The zero-order chi connectivity index (χ0) is 14.7. The number of rotatable bonds is 7. The lowest BCUT2D eigenvalue weighted by Gasteiger charge is -2.17. The molecular formula is C16H20BrN3S. The zero-order valence-corrected chi connectivity index (χ0v) is 14.6. The van der Waals surface area contributed by atoms with Gasteiger partial charge in [0.05, 0.1) is 11.2 Å². The first-order valence-corrected chi connectivity index (χ1v) is 9.00. The van der Waals surface area contributed by atoms with Crippen LogP contribution in [0.1, 0.15) is 29.7 Å². The summed E-state index contributed by atoms with van der Waals surface area (Å²) < 4.78 is 1.20. The van der Waals surface area contributed by atoms with Crippen molar-refractivity contribution in [1.29, 1.82) is 0 Å². The van der Waals surface area contributed by atoms with E-state index in [1.165, 1.54) is 28.4 Å². The van der Waals surface area contributed by atoms with Crippen LogP contribution in [0.4, 0.5) is 0 Å². The summed E-state index contributed by atoms with van der Waals surface area (Å²) >= 11 is 5.36. The van der Waals surface area contributed by atoms with Crippen molar-refractivity contribution >= 4 is 27.3 Å². The highest BCUT2D eigenvalue weighted by Crippen LogP contribution is 2.23. The highest BCUT2D eigenvalue weighted by Gasteiger charge is 2.20. The molecule has 0 unspecified atom stereocenters. The standard InChI is InChI=1S/C16H20BrN3S/c1-20(9-15-10-21-11-19-15)8-13-3-2-12(6-16(13)17)7-18-14-4-5-14/h2-3,6,10-11,14,18H,4-5,7-9H2,1H3. The molecule has 0 saturated heterocycles. The third-order valence-electron chi connectivity index (χ3n) is 3.65. The summed E-state index contributed by atoms with van der Waals surface area (Å²) in [6.07, 6.45) is 2.67. The molecule has 0 amide bonds. The molecule has 1 aromatic heterocycles. The number of benzene rings is 1. The molecule has 1 heterocycles. The van der Waals surface area contributed by atoms with Gasteiger partial charge in [0.15, 0.2) is 0 Å². The van der Waals surface area contributed by atoms with Crippen LogP contribution in [0.2, 0.25) is 0 Å². The molecule has 112 valence electrons. The Morgan fingerprint density at radius 1 is 1.38 bits per heavy atom. The van der Waals surface area contributed by atoms with Crippen LogP contribution in [-0.4, -0.2) is 23.0 Å². The molecule has 5 heteroatoms. The monoisotopic (exact) mass is 365 g/mol. The molecule has 2 aromatic rings. The number of nitrogens with zero attached hydrogens (tertiary/aromatic N) is 2. The predicted molar refractivity (Wildman–Crippen MR) is 91.3 cm³/mol. The van der Waals surface area contributed by atoms with E-state index in [9.17, 15) is 0 Å². The smallest absolute Gasteiger partial charge is 0.0795 e. The molecule has 3 rings (SSSR count). The molecule has 0 spiro atoms. The summed E-state index contributed by atoms with van der Waals surface area (Å²) in [5, 5.41) is 5.66. The lowest BCUT2D eigenvalue weighted by Crippen LogP contribution is -2.18. The zero-order valence-electron chi connectivity index (χ0n) is 12.2. The van der Waals surface area contributed by atoms with Gasteiger partial charge in [0, 0.05) is 35.5 Å². The van der Waals surface area contributed by atoms with Crippen LogP contribution in [0, 0.1) is 0 Å². The summed E-state index contributed by atoms with van der Waals surface area (Å²) in [5.74, 6) is 0. The minimum Gasteiger partial charge on any atom is -0.310 e. The van der Waals surface area contributed by atoms with Crippen molar-refractivity contribution in [2.75, 3.05) is 7.05 Å². The third kappa shape index (κ3) is 4.61. The Bertz CT molecular complexity index is 581. The van der Waals surface area contributed by atoms with Gasteiger partial charge in [-0.15, -0.1) is 11.3 Å². The fourth-order valence-corrected chi connectivity index (χ4v) is 3.42. The number of aromatic nitrogens is 1. The topological polar surface area (TPSA) is 28.2 Å². The lowest BCUT2D eigenvalue weighted by atomic mass is 10.1. The number of thiazole rings is 1. The fraction of sp³-hybridized carbons (Fsp3) is 0.438. The molecule has 1 N–H and O–H groups in total. The minimum absolute atomic E-state index is 0.757. The van der Waals surface area contributed by atoms with E-state index in [0.717, 1.165) is 31.4 Å². The van der Waals surface area contributed by atoms with E-state index in [1.807, 2.05) is 5.51 Å². The first kappa shape index (κ1) is 15.2. The molecule has 1 aliphatic rings. The summed E-state index contributed by atoms with van der Waals surface area (Å²) in [6, 6.07) is 7.45. The Labute approximate surface area is 138 Å². The average Bonchev–Trinajstić information content (AvgIpc) is 3.16. The Balaban J connectivity index is 1.56. The van der Waals surface area contributed by atoms with E-state index in [1.54, 1.807) is 11.3 Å². The second-order valence-electron chi connectivity index (χ2n) is 5.73. The molecule has 0 aliphatic heterocycles. The van der Waals surface area contributed by atoms with Crippen molar-refractivity contribution < 1.29 is 0 Å². The van der Waals surface area contributed by atoms with Crippen molar-refractivity contribution in [3.63, 3.8) is 0 Å². The van der Waals surface area contributed by atoms with Crippen LogP contribution in [0.3, 0.4) is 0 Å². The number of nitrogens with one attached hydrogen (secondary N) is 1. The van der Waals surface area contributed by atoms with Gasteiger partial charge in [-0.3, -0.25) is 4.90 Å². The maximum atomic E-state index is 4.34. The van der Waals surface area contributed by atoms with Crippen LogP contribution >= 0.6 is 27.3 Å². The molecule has 21 heavy (non-hydrogen) atoms. The largest absolute Gasteiger partial charge is 0.310 e. The highest BCUT2D eigenvalue weighted by molar-refractivity contribution is 9.10. The predicted octanol–water partition coefficient (Wildman–Crippen LogP) is 3.79. The van der Waals surface area contributed by atoms with Crippen LogP contribution in [-0.2, 0) is 19.6 Å². The molecule has 0 bridgehead atoms. The summed E-state index contributed by atoms with van der Waals surface area (Å²) in [4.78, 5) is 6.63. The van der Waals surface area contributed by atoms with Gasteiger partial charge in [-0.25, -0.2) is 4.98 Å². The first-order chi connectivity index (χ1) is 10.2. The Morgan fingerprint density at radius 2 is 2.24 bits per heavy atom. The van der Waals surface area contributed by atoms with Crippen molar-refractivity contribution in [3.05, 3.63) is 50.4 Å². The van der Waals surface area contributed by atoms with Crippen molar-refractivity contribution in [2.24, 2.45) is 0 Å². The molecule has 0 atom stereocenters. The van der Waals surface area contributed by atoms with Gasteiger partial charge in [0.1, 0.15) is 0 Å². The molecule has 1 saturated carbocycles. The number of hydrogen-bond donors (Lipinski definition) is 1. The summed E-state index contributed by atoms with van der Waals surface area (Å²) in [7, 11) is 2.13. The normalized spacial score (nSPS) is 14.8. The van der Waals surface area contributed by atoms with E-state index in [4.69, 9.17) is 0 Å². The second kappa shape index (κ2) is 7.01. The van der Waals surface area contributed by atoms with E-state index in [0.29, 0.717) is 0 Å². The van der Waals surface area contributed by atoms with Crippen LogP contribution in [0.5, 0.6) is 0 Å². The van der Waals surface area contributed by atoms with Crippen molar-refractivity contribution in [1.82, 2.24) is 15.2 Å². The van der Waals surface area contributed by atoms with Gasteiger partial charge in [-0.2, -0.15) is 0 Å². The van der Waals surface area contributed by atoms with E-state index >= 15 is 0 Å². The Kier molecular flexibility index (Phi) is 5.06. The van der Waals surface area contributed by atoms with Gasteiger partial charge < -0.3 is 5.32 Å². The van der Waals surface area contributed by atoms with Crippen molar-refractivity contribution in [2.45, 2.75) is 38.5 Å². The van der Waals surface area contributed by atoms with Crippen LogP contribution in [0.15, 0.2) is 33.6 Å². The summed E-state index contributed by atoms with van der Waals surface area (Å²) in [6.45, 7) is 2.79. The van der Waals surface area contributed by atoms with E-state index < -0.39 is 0 Å². The van der Waals surface area contributed by atoms with E-state index in [-0.39, 0.29) is 0 Å². The third-order valence-corrected chi connectivity index (χ3v) is 5.02. The maximum absolute atomic E-state index is 4.34. The molecule has 3 nitrogen and oxygen atoms in total. The quantitative estimate of drug-likeness (QED) is 0.808. The number of hydrogen-bond acceptors (Lipinski definition) is 4.